The summed E-state index contributed by atoms with van der Waals surface area (Å²) in [7, 11) is -4.11. The molecule has 0 aliphatic heterocycles. The molecule has 0 aliphatic rings. The molecule has 0 aliphatic carbocycles. The predicted molar refractivity (Wildman–Crippen MR) is 122 cm³/mol. The second kappa shape index (κ2) is 10.1. The Bertz CT molecular complexity index is 1020. The van der Waals surface area contributed by atoms with Crippen molar-refractivity contribution in [1.29, 1.82) is 0 Å². The molecule has 2 aromatic carbocycles. The minimum Gasteiger partial charge on any atom is -0.447 e. The van der Waals surface area contributed by atoms with Gasteiger partial charge in [0.15, 0.2) is 0 Å². The number of alkyl carbamates (subject to hydrolysis) is 1. The number of nitrogens with one attached hydrogen (secondary N) is 1. The van der Waals surface area contributed by atoms with Crippen LogP contribution >= 0.6 is 23.2 Å². The van der Waals surface area contributed by atoms with Crippen molar-refractivity contribution in [2.75, 3.05) is 10.9 Å². The molecule has 31 heavy (non-hydrogen) atoms. The summed E-state index contributed by atoms with van der Waals surface area (Å²) in [5.41, 5.74) is 0.0390. The molecule has 7 nitrogen and oxygen atoms in total. The van der Waals surface area contributed by atoms with Crippen molar-refractivity contribution >= 4 is 45.0 Å². The molecule has 1 atom stereocenters. The number of hydrogen-bond donors (Lipinski definition) is 2. The lowest BCUT2D eigenvalue weighted by Gasteiger charge is -2.32. The summed E-state index contributed by atoms with van der Waals surface area (Å²) in [5.74, 6) is 0. The summed E-state index contributed by atoms with van der Waals surface area (Å²) in [5, 5.41) is 13.1. The number of aliphatic hydroxyl groups excluding tert-OH is 1. The third kappa shape index (κ3) is 6.74. The van der Waals surface area contributed by atoms with E-state index >= 15 is 0 Å². The quantitative estimate of drug-likeness (QED) is 0.593. The molecule has 0 aromatic heterocycles. The Labute approximate surface area is 193 Å². The molecule has 0 saturated carbocycles. The van der Waals surface area contributed by atoms with Gasteiger partial charge in [-0.1, -0.05) is 29.3 Å². The number of amides is 1. The summed E-state index contributed by atoms with van der Waals surface area (Å²) in [6.45, 7) is 6.36. The minimum atomic E-state index is -4.11. The van der Waals surface area contributed by atoms with Gasteiger partial charge in [-0.05, 0) is 64.1 Å². The number of nitrogens with zero attached hydrogens (tertiary/aromatic N) is 1. The minimum absolute atomic E-state index is 0.00763. The van der Waals surface area contributed by atoms with Gasteiger partial charge in [-0.2, -0.15) is 0 Å². The highest BCUT2D eigenvalue weighted by molar-refractivity contribution is 7.92. The van der Waals surface area contributed by atoms with Crippen molar-refractivity contribution in [1.82, 2.24) is 5.32 Å². The van der Waals surface area contributed by atoms with Crippen molar-refractivity contribution in [2.24, 2.45) is 0 Å². The first-order chi connectivity index (χ1) is 14.3. The summed E-state index contributed by atoms with van der Waals surface area (Å²) >= 11 is 12.0. The zero-order valence-corrected chi connectivity index (χ0v) is 20.1. The average Bonchev–Trinajstić information content (AvgIpc) is 2.65. The van der Waals surface area contributed by atoms with Crippen LogP contribution in [0.5, 0.6) is 0 Å². The molecule has 0 spiro atoms. The van der Waals surface area contributed by atoms with E-state index in [0.29, 0.717) is 15.6 Å². The number of carbonyl (C=O) groups is 1. The first-order valence-electron chi connectivity index (χ1n) is 9.49. The molecular weight excluding hydrogens is 463 g/mol. The van der Waals surface area contributed by atoms with Gasteiger partial charge < -0.3 is 15.2 Å². The lowest BCUT2D eigenvalue weighted by molar-refractivity contribution is 0.133. The van der Waals surface area contributed by atoms with Gasteiger partial charge in [0.1, 0.15) is 6.61 Å². The van der Waals surface area contributed by atoms with E-state index in [4.69, 9.17) is 27.9 Å². The molecule has 2 N–H and O–H groups in total. The Morgan fingerprint density at radius 1 is 1.13 bits per heavy atom. The zero-order chi connectivity index (χ0) is 23.4. The second-order valence-corrected chi connectivity index (χ2v) is 10.7. The van der Waals surface area contributed by atoms with Crippen molar-refractivity contribution in [3.05, 3.63) is 58.1 Å². The molecule has 0 unspecified atom stereocenters. The van der Waals surface area contributed by atoms with E-state index in [0.717, 1.165) is 4.31 Å². The highest BCUT2D eigenvalue weighted by Gasteiger charge is 2.32. The van der Waals surface area contributed by atoms with E-state index in [2.05, 4.69) is 5.32 Å². The topological polar surface area (TPSA) is 95.9 Å². The Hall–Kier alpha value is -2.00. The number of ether oxygens (including phenoxy) is 1. The molecule has 0 bridgehead atoms. The molecule has 0 saturated heterocycles. The molecule has 2 aromatic rings. The van der Waals surface area contributed by atoms with E-state index in [9.17, 15) is 18.3 Å². The standard InChI is InChI=1S/C21H26Cl2N2O5S/c1-14(13-30-20(27)24-21(2,3)4)25(19-11-17(23)6-5-15(19)12-26)31(28,29)18-9-7-16(22)8-10-18/h5-11,14,26H,12-13H2,1-4H3,(H,24,27)/t14-/m0/s1. The largest absolute Gasteiger partial charge is 0.447 e. The maximum absolute atomic E-state index is 13.5. The first kappa shape index (κ1) is 25.3. The maximum atomic E-state index is 13.5. The maximum Gasteiger partial charge on any atom is 0.407 e. The normalized spacial score (nSPS) is 12.9. The first-order valence-corrected chi connectivity index (χ1v) is 11.7. The van der Waals surface area contributed by atoms with Crippen LogP contribution in [0, 0.1) is 0 Å². The van der Waals surface area contributed by atoms with Crippen LogP contribution in [-0.2, 0) is 21.4 Å². The van der Waals surface area contributed by atoms with Crippen LogP contribution in [0.3, 0.4) is 0 Å². The van der Waals surface area contributed by atoms with Crippen LogP contribution in [0.25, 0.3) is 0 Å². The number of halogens is 2. The van der Waals surface area contributed by atoms with Crippen molar-refractivity contribution in [2.45, 2.75) is 50.8 Å². The van der Waals surface area contributed by atoms with Gasteiger partial charge in [0.05, 0.1) is 23.2 Å². The third-order valence-corrected chi connectivity index (χ3v) is 6.59. The van der Waals surface area contributed by atoms with E-state index in [1.165, 1.54) is 30.3 Å². The number of aliphatic hydroxyl groups is 1. The van der Waals surface area contributed by atoms with Gasteiger partial charge in [0, 0.05) is 21.1 Å². The fourth-order valence-electron chi connectivity index (χ4n) is 2.81. The van der Waals surface area contributed by atoms with E-state index in [-0.39, 0.29) is 17.2 Å². The number of anilines is 1. The fourth-order valence-corrected chi connectivity index (χ4v) is 4.77. The van der Waals surface area contributed by atoms with Crippen LogP contribution in [0.4, 0.5) is 10.5 Å². The van der Waals surface area contributed by atoms with E-state index < -0.39 is 34.3 Å². The van der Waals surface area contributed by atoms with E-state index in [1.807, 2.05) is 0 Å². The number of rotatable bonds is 7. The van der Waals surface area contributed by atoms with Crippen LogP contribution in [0.1, 0.15) is 33.3 Å². The molecule has 2 rings (SSSR count). The molecule has 0 heterocycles. The van der Waals surface area contributed by atoms with Crippen molar-refractivity contribution < 1.29 is 23.1 Å². The molecule has 10 heteroatoms. The summed E-state index contributed by atoms with van der Waals surface area (Å²) < 4.78 is 33.4. The second-order valence-electron chi connectivity index (χ2n) is 8.01. The predicted octanol–water partition coefficient (Wildman–Crippen LogP) is 4.59. The summed E-state index contributed by atoms with van der Waals surface area (Å²) in [4.78, 5) is 12.1. The van der Waals surface area contributed by atoms with Gasteiger partial charge in [-0.25, -0.2) is 13.2 Å². The lowest BCUT2D eigenvalue weighted by Crippen LogP contribution is -2.45. The number of benzene rings is 2. The van der Waals surface area contributed by atoms with Crippen LogP contribution in [0.2, 0.25) is 10.0 Å². The summed E-state index contributed by atoms with van der Waals surface area (Å²) in [6.07, 6.45) is -0.670. The molecule has 1 amide bonds. The third-order valence-electron chi connectivity index (χ3n) is 4.16. The number of sulfonamides is 1. The Balaban J connectivity index is 2.47. The number of hydrogen-bond acceptors (Lipinski definition) is 5. The highest BCUT2D eigenvalue weighted by atomic mass is 35.5. The molecule has 0 fully saturated rings. The molecule has 0 radical (unpaired) electrons. The van der Waals surface area contributed by atoms with Crippen molar-refractivity contribution in [3.8, 4) is 0 Å². The highest BCUT2D eigenvalue weighted by Crippen LogP contribution is 2.32. The zero-order valence-electron chi connectivity index (χ0n) is 17.7. The monoisotopic (exact) mass is 488 g/mol. The lowest BCUT2D eigenvalue weighted by atomic mass is 10.1. The fraction of sp³-hybridized carbons (Fsp3) is 0.381. The van der Waals surface area contributed by atoms with Gasteiger partial charge in [-0.3, -0.25) is 4.31 Å². The Morgan fingerprint density at radius 2 is 1.71 bits per heavy atom. The van der Waals surface area contributed by atoms with Crippen molar-refractivity contribution in [3.63, 3.8) is 0 Å². The average molecular weight is 489 g/mol. The molecule has 170 valence electrons. The van der Waals surface area contributed by atoms with Gasteiger partial charge in [0.25, 0.3) is 10.0 Å². The van der Waals surface area contributed by atoms with Crippen LogP contribution in [-0.4, -0.2) is 37.8 Å². The Morgan fingerprint density at radius 3 is 2.26 bits per heavy atom. The van der Waals surface area contributed by atoms with Gasteiger partial charge in [-0.15, -0.1) is 0 Å². The van der Waals surface area contributed by atoms with Gasteiger partial charge in [0.2, 0.25) is 0 Å². The smallest absolute Gasteiger partial charge is 0.407 e. The van der Waals surface area contributed by atoms with Crippen LogP contribution in [0.15, 0.2) is 47.4 Å². The SMILES string of the molecule is C[C@@H](COC(=O)NC(C)(C)C)N(c1cc(Cl)ccc1CO)S(=O)(=O)c1ccc(Cl)cc1. The number of carbonyl (C=O) groups excluding carboxylic acids is 1. The Kier molecular flexibility index (Phi) is 8.21. The summed E-state index contributed by atoms with van der Waals surface area (Å²) in [6, 6.07) is 9.44. The van der Waals surface area contributed by atoms with E-state index in [1.54, 1.807) is 39.8 Å². The van der Waals surface area contributed by atoms with Crippen LogP contribution < -0.4 is 9.62 Å². The van der Waals surface area contributed by atoms with Gasteiger partial charge >= 0.3 is 6.09 Å². The molecular formula is C21H26Cl2N2O5S.